The van der Waals surface area contributed by atoms with Crippen LogP contribution in [0.4, 0.5) is 0 Å². The highest BCUT2D eigenvalue weighted by Crippen LogP contribution is 2.38. The molecule has 0 unspecified atom stereocenters. The Bertz CT molecular complexity index is 1010. The lowest BCUT2D eigenvalue weighted by Crippen LogP contribution is -2.20. The average molecular weight is 336 g/mol. The zero-order chi connectivity index (χ0) is 17.4. The monoisotopic (exact) mass is 336 g/mol. The van der Waals surface area contributed by atoms with E-state index >= 15 is 0 Å². The van der Waals surface area contributed by atoms with Crippen molar-refractivity contribution < 1.29 is 14.2 Å². The Balaban J connectivity index is 1.86. The number of nitrogens with one attached hydrogen (secondary N) is 1. The van der Waals surface area contributed by atoms with Crippen LogP contribution in [0.25, 0.3) is 11.4 Å². The van der Waals surface area contributed by atoms with Gasteiger partial charge < -0.3 is 19.2 Å². The zero-order valence-electron chi connectivity index (χ0n) is 13.8. The van der Waals surface area contributed by atoms with Gasteiger partial charge in [0.25, 0.3) is 5.56 Å². The highest BCUT2D eigenvalue weighted by molar-refractivity contribution is 5.69. The fraction of sp³-hybridized carbons (Fsp3) is 0.158. The van der Waals surface area contributed by atoms with E-state index in [1.807, 2.05) is 36.4 Å². The first-order valence-corrected chi connectivity index (χ1v) is 7.81. The van der Waals surface area contributed by atoms with Crippen molar-refractivity contribution in [1.29, 1.82) is 0 Å². The molecule has 1 aromatic heterocycles. The molecular weight excluding hydrogens is 320 g/mol. The van der Waals surface area contributed by atoms with Crippen LogP contribution in [0, 0.1) is 0 Å². The number of nitrogens with zero attached hydrogens (tertiary/aromatic N) is 1. The highest BCUT2D eigenvalue weighted by Gasteiger charge is 2.23. The number of para-hydroxylation sites is 2. The molecule has 4 rings (SSSR count). The van der Waals surface area contributed by atoms with E-state index in [0.29, 0.717) is 40.8 Å². The molecule has 0 spiro atoms. The molecule has 2 heterocycles. The smallest absolute Gasteiger partial charge is 0.258 e. The first kappa shape index (κ1) is 15.3. The molecule has 2 aromatic carbocycles. The van der Waals surface area contributed by atoms with E-state index in [2.05, 4.69) is 9.97 Å². The Morgan fingerprint density at radius 1 is 1.08 bits per heavy atom. The van der Waals surface area contributed by atoms with Crippen molar-refractivity contribution in [1.82, 2.24) is 9.97 Å². The number of aromatic amines is 1. The normalized spacial score (nSPS) is 11.9. The molecule has 0 amide bonds. The molecular formula is C19H16N2O4. The van der Waals surface area contributed by atoms with Crippen LogP contribution in [0.5, 0.6) is 23.1 Å². The van der Waals surface area contributed by atoms with Crippen molar-refractivity contribution in [3.8, 4) is 34.5 Å². The molecule has 1 aliphatic rings. The molecule has 0 aliphatic carbocycles. The Labute approximate surface area is 144 Å². The van der Waals surface area contributed by atoms with Gasteiger partial charge in [0, 0.05) is 6.42 Å². The van der Waals surface area contributed by atoms with Gasteiger partial charge in [-0.05, 0) is 23.8 Å². The Hall–Kier alpha value is -3.28. The minimum Gasteiger partial charge on any atom is -0.493 e. The Kier molecular flexibility index (Phi) is 3.65. The summed E-state index contributed by atoms with van der Waals surface area (Å²) in [5.41, 5.74) is 1.89. The minimum absolute atomic E-state index is 0.223. The molecule has 0 saturated carbocycles. The van der Waals surface area contributed by atoms with Crippen LogP contribution in [0.15, 0.2) is 47.3 Å². The van der Waals surface area contributed by atoms with Gasteiger partial charge in [-0.1, -0.05) is 24.3 Å². The van der Waals surface area contributed by atoms with E-state index in [1.165, 1.54) is 0 Å². The number of benzene rings is 2. The van der Waals surface area contributed by atoms with E-state index in [1.54, 1.807) is 20.3 Å². The Morgan fingerprint density at radius 2 is 1.92 bits per heavy atom. The summed E-state index contributed by atoms with van der Waals surface area (Å²) in [7, 11) is 3.11. The molecule has 1 N–H and O–H groups in total. The minimum atomic E-state index is -0.223. The second-order valence-electron chi connectivity index (χ2n) is 5.63. The SMILES string of the molecule is COc1cccc(-c2nc3c(c(=O)[nH]2)Cc2ccccc2O3)c1OC. The fourth-order valence-corrected chi connectivity index (χ4v) is 2.96. The maximum absolute atomic E-state index is 12.6. The largest absolute Gasteiger partial charge is 0.493 e. The van der Waals surface area contributed by atoms with Gasteiger partial charge in [0.15, 0.2) is 11.5 Å². The molecule has 0 fully saturated rings. The molecule has 126 valence electrons. The lowest BCUT2D eigenvalue weighted by Gasteiger charge is -2.19. The first-order chi connectivity index (χ1) is 12.2. The lowest BCUT2D eigenvalue weighted by molar-refractivity contribution is 0.356. The van der Waals surface area contributed by atoms with Gasteiger partial charge in [-0.2, -0.15) is 4.98 Å². The zero-order valence-corrected chi connectivity index (χ0v) is 13.8. The maximum atomic E-state index is 12.6. The van der Waals surface area contributed by atoms with Gasteiger partial charge in [0.2, 0.25) is 5.88 Å². The molecule has 0 atom stereocenters. The lowest BCUT2D eigenvalue weighted by atomic mass is 10.0. The van der Waals surface area contributed by atoms with Crippen molar-refractivity contribution in [2.75, 3.05) is 14.2 Å². The van der Waals surface area contributed by atoms with Crippen LogP contribution in [0.3, 0.4) is 0 Å². The van der Waals surface area contributed by atoms with Gasteiger partial charge in [-0.25, -0.2) is 0 Å². The standard InChI is InChI=1S/C19H16N2O4/c1-23-15-9-5-7-12(16(15)24-2)17-20-18(22)13-10-11-6-3-4-8-14(11)25-19(13)21-17/h3-9H,10H2,1-2H3,(H,20,21,22). The maximum Gasteiger partial charge on any atom is 0.258 e. The van der Waals surface area contributed by atoms with Crippen molar-refractivity contribution in [2.24, 2.45) is 0 Å². The fourth-order valence-electron chi connectivity index (χ4n) is 2.96. The summed E-state index contributed by atoms with van der Waals surface area (Å²) in [6.45, 7) is 0. The number of fused-ring (bicyclic) bond motifs is 2. The van der Waals surface area contributed by atoms with E-state index < -0.39 is 0 Å². The van der Waals surface area contributed by atoms with Gasteiger partial charge >= 0.3 is 0 Å². The van der Waals surface area contributed by atoms with Gasteiger partial charge in [0.1, 0.15) is 11.6 Å². The first-order valence-electron chi connectivity index (χ1n) is 7.81. The third kappa shape index (κ3) is 2.52. The molecule has 0 radical (unpaired) electrons. The van der Waals surface area contributed by atoms with E-state index in [4.69, 9.17) is 14.2 Å². The number of aromatic nitrogens is 2. The Morgan fingerprint density at radius 3 is 2.72 bits per heavy atom. The van der Waals surface area contributed by atoms with Crippen LogP contribution in [-0.4, -0.2) is 24.2 Å². The molecule has 0 saturated heterocycles. The molecule has 6 heteroatoms. The predicted octanol–water partition coefficient (Wildman–Crippen LogP) is 3.15. The number of hydrogen-bond acceptors (Lipinski definition) is 5. The summed E-state index contributed by atoms with van der Waals surface area (Å²) in [6, 6.07) is 13.0. The topological polar surface area (TPSA) is 73.4 Å². The third-order valence-corrected chi connectivity index (χ3v) is 4.18. The van der Waals surface area contributed by atoms with E-state index in [9.17, 15) is 4.79 Å². The van der Waals surface area contributed by atoms with E-state index in [0.717, 1.165) is 11.3 Å². The third-order valence-electron chi connectivity index (χ3n) is 4.18. The van der Waals surface area contributed by atoms with Crippen molar-refractivity contribution in [2.45, 2.75) is 6.42 Å². The van der Waals surface area contributed by atoms with Crippen LogP contribution >= 0.6 is 0 Å². The second kappa shape index (κ2) is 5.98. The molecule has 3 aromatic rings. The van der Waals surface area contributed by atoms with Crippen LogP contribution in [-0.2, 0) is 6.42 Å². The van der Waals surface area contributed by atoms with Crippen LogP contribution in [0.1, 0.15) is 11.1 Å². The molecule has 6 nitrogen and oxygen atoms in total. The van der Waals surface area contributed by atoms with Crippen molar-refractivity contribution >= 4 is 0 Å². The number of methoxy groups -OCH3 is 2. The number of H-pyrrole nitrogens is 1. The average Bonchev–Trinajstić information content (AvgIpc) is 2.65. The summed E-state index contributed by atoms with van der Waals surface area (Å²) in [5.74, 6) is 2.48. The molecule has 1 aliphatic heterocycles. The van der Waals surface area contributed by atoms with Gasteiger partial charge in [0.05, 0.1) is 25.3 Å². The summed E-state index contributed by atoms with van der Waals surface area (Å²) in [6.07, 6.45) is 0.489. The highest BCUT2D eigenvalue weighted by atomic mass is 16.5. The van der Waals surface area contributed by atoms with Gasteiger partial charge in [-0.3, -0.25) is 4.79 Å². The summed E-state index contributed by atoms with van der Waals surface area (Å²) in [5, 5.41) is 0. The molecule has 0 bridgehead atoms. The second-order valence-corrected chi connectivity index (χ2v) is 5.63. The quantitative estimate of drug-likeness (QED) is 0.622. The number of hydrogen-bond donors (Lipinski definition) is 1. The molecule has 25 heavy (non-hydrogen) atoms. The number of rotatable bonds is 3. The van der Waals surface area contributed by atoms with E-state index in [-0.39, 0.29) is 5.56 Å². The summed E-state index contributed by atoms with van der Waals surface area (Å²) in [4.78, 5) is 19.9. The van der Waals surface area contributed by atoms with Crippen LogP contribution in [0.2, 0.25) is 0 Å². The van der Waals surface area contributed by atoms with Crippen LogP contribution < -0.4 is 19.8 Å². The van der Waals surface area contributed by atoms with Crippen molar-refractivity contribution in [3.63, 3.8) is 0 Å². The van der Waals surface area contributed by atoms with Crippen molar-refractivity contribution in [3.05, 3.63) is 63.9 Å². The van der Waals surface area contributed by atoms with Gasteiger partial charge in [-0.15, -0.1) is 0 Å². The number of ether oxygens (including phenoxy) is 3. The summed E-state index contributed by atoms with van der Waals surface area (Å²) < 4.78 is 16.6. The summed E-state index contributed by atoms with van der Waals surface area (Å²) >= 11 is 0. The predicted molar refractivity (Wildman–Crippen MR) is 92.7 cm³/mol.